The van der Waals surface area contributed by atoms with Gasteiger partial charge in [0.1, 0.15) is 0 Å². The summed E-state index contributed by atoms with van der Waals surface area (Å²) in [5.74, 6) is -1.01. The van der Waals surface area contributed by atoms with E-state index in [2.05, 4.69) is 5.32 Å². The minimum atomic E-state index is -0.836. The molecule has 154 valence electrons. The maximum Gasteiger partial charge on any atom is 0.320 e. The van der Waals surface area contributed by atoms with E-state index in [1.807, 2.05) is 6.92 Å². The molecular weight excluding hydrogens is 352 g/mol. The fraction of sp³-hybridized carbons (Fsp3) is 0.833. The first-order chi connectivity index (χ1) is 12.8. The molecule has 2 saturated heterocycles. The number of carbonyl (C=O) groups excluding carboxylic acids is 3. The van der Waals surface area contributed by atoms with Crippen molar-refractivity contribution in [2.45, 2.75) is 57.7 Å². The molecular formula is C18H32N4O5. The number of rotatable bonds is 5. The molecule has 4 N–H and O–H groups in total. The van der Waals surface area contributed by atoms with Gasteiger partial charge in [-0.05, 0) is 26.2 Å². The zero-order valence-corrected chi connectivity index (χ0v) is 16.2. The number of nitrogens with zero attached hydrogens (tertiary/aromatic N) is 2. The van der Waals surface area contributed by atoms with Crippen LogP contribution < -0.4 is 11.1 Å². The standard InChI is InChI=1S/C18H32N4O5/c1-12(17(19)25)3-6-16(24)20-14-5-4-13(2)22(11-15(14)23)18(26)21-7-9-27-10-8-21/h12-15,23H,3-11H2,1-2H3,(H2,19,25)(H,20,24)/t12-,13+,14-,15-/m0/s1. The number of hydrogen-bond donors (Lipinski definition) is 3. The molecule has 0 aliphatic carbocycles. The minimum Gasteiger partial charge on any atom is -0.389 e. The fourth-order valence-electron chi connectivity index (χ4n) is 3.42. The van der Waals surface area contributed by atoms with Crippen molar-refractivity contribution >= 4 is 17.8 Å². The highest BCUT2D eigenvalue weighted by Gasteiger charge is 2.34. The predicted octanol–water partition coefficient (Wildman–Crippen LogP) is -0.330. The molecule has 2 rings (SSSR count). The van der Waals surface area contributed by atoms with Gasteiger partial charge >= 0.3 is 6.03 Å². The third-order valence-electron chi connectivity index (χ3n) is 5.44. The molecule has 2 heterocycles. The molecule has 0 aromatic rings. The van der Waals surface area contributed by atoms with Crippen LogP contribution in [0.3, 0.4) is 0 Å². The molecule has 0 bridgehead atoms. The number of urea groups is 1. The van der Waals surface area contributed by atoms with Crippen molar-refractivity contribution in [1.82, 2.24) is 15.1 Å². The normalized spacial score (nSPS) is 27.6. The van der Waals surface area contributed by atoms with Crippen molar-refractivity contribution < 1.29 is 24.2 Å². The van der Waals surface area contributed by atoms with Crippen LogP contribution in [-0.2, 0) is 14.3 Å². The third kappa shape index (κ3) is 6.07. The lowest BCUT2D eigenvalue weighted by atomic mass is 10.0. The molecule has 2 aliphatic rings. The molecule has 4 atom stereocenters. The molecule has 0 aromatic heterocycles. The Labute approximate surface area is 160 Å². The van der Waals surface area contributed by atoms with Gasteiger partial charge in [-0.25, -0.2) is 4.79 Å². The summed E-state index contributed by atoms with van der Waals surface area (Å²) >= 11 is 0. The summed E-state index contributed by atoms with van der Waals surface area (Å²) in [5.41, 5.74) is 5.21. The molecule has 2 fully saturated rings. The highest BCUT2D eigenvalue weighted by molar-refractivity contribution is 5.79. The van der Waals surface area contributed by atoms with Gasteiger partial charge in [-0.15, -0.1) is 0 Å². The number of morpholine rings is 1. The van der Waals surface area contributed by atoms with Crippen molar-refractivity contribution in [2.24, 2.45) is 11.7 Å². The van der Waals surface area contributed by atoms with Crippen LogP contribution in [0.4, 0.5) is 4.79 Å². The number of carbonyl (C=O) groups is 3. The van der Waals surface area contributed by atoms with E-state index < -0.39 is 18.1 Å². The fourth-order valence-corrected chi connectivity index (χ4v) is 3.42. The number of likely N-dealkylation sites (tertiary alicyclic amines) is 1. The Hall–Kier alpha value is -1.87. The lowest BCUT2D eigenvalue weighted by molar-refractivity contribution is -0.124. The number of nitrogens with one attached hydrogen (secondary N) is 1. The average Bonchev–Trinajstić information content (AvgIpc) is 2.79. The average molecular weight is 384 g/mol. The first kappa shape index (κ1) is 21.4. The van der Waals surface area contributed by atoms with Crippen LogP contribution >= 0.6 is 0 Å². The zero-order valence-electron chi connectivity index (χ0n) is 16.2. The van der Waals surface area contributed by atoms with Crippen LogP contribution in [0.25, 0.3) is 0 Å². The lowest BCUT2D eigenvalue weighted by Gasteiger charge is -2.36. The minimum absolute atomic E-state index is 0.0215. The smallest absolute Gasteiger partial charge is 0.320 e. The molecule has 0 spiro atoms. The van der Waals surface area contributed by atoms with Crippen LogP contribution in [-0.4, -0.2) is 83.8 Å². The van der Waals surface area contributed by atoms with Gasteiger partial charge in [-0.3, -0.25) is 9.59 Å². The quantitative estimate of drug-likeness (QED) is 0.598. The van der Waals surface area contributed by atoms with Gasteiger partial charge in [0.25, 0.3) is 0 Å². The van der Waals surface area contributed by atoms with E-state index in [0.717, 1.165) is 0 Å². The molecule has 4 amide bonds. The highest BCUT2D eigenvalue weighted by Crippen LogP contribution is 2.20. The number of amides is 4. The lowest BCUT2D eigenvalue weighted by Crippen LogP contribution is -2.53. The summed E-state index contributed by atoms with van der Waals surface area (Å²) in [7, 11) is 0. The SMILES string of the molecule is C[C@@H]1CC[C@H](NC(=O)CC[C@H](C)C(N)=O)[C@@H](O)CN1C(=O)N1CCOCC1. The van der Waals surface area contributed by atoms with Gasteiger partial charge in [0, 0.05) is 31.5 Å². The molecule has 2 aliphatic heterocycles. The molecule has 9 nitrogen and oxygen atoms in total. The van der Waals surface area contributed by atoms with E-state index in [1.54, 1.807) is 16.7 Å². The van der Waals surface area contributed by atoms with Crippen LogP contribution in [0.1, 0.15) is 39.5 Å². The Morgan fingerprint density at radius 1 is 1.26 bits per heavy atom. The van der Waals surface area contributed by atoms with E-state index >= 15 is 0 Å². The third-order valence-corrected chi connectivity index (χ3v) is 5.44. The number of nitrogens with two attached hydrogens (primary N) is 1. The van der Waals surface area contributed by atoms with Gasteiger partial charge in [-0.1, -0.05) is 6.92 Å². The molecule has 0 radical (unpaired) electrons. The Morgan fingerprint density at radius 3 is 2.56 bits per heavy atom. The van der Waals surface area contributed by atoms with Crippen molar-refractivity contribution in [3.05, 3.63) is 0 Å². The second-order valence-electron chi connectivity index (χ2n) is 7.54. The molecule has 0 unspecified atom stereocenters. The Bertz CT molecular complexity index is 538. The maximum absolute atomic E-state index is 12.8. The zero-order chi connectivity index (χ0) is 20.0. The van der Waals surface area contributed by atoms with Crippen molar-refractivity contribution in [3.8, 4) is 0 Å². The first-order valence-electron chi connectivity index (χ1n) is 9.69. The largest absolute Gasteiger partial charge is 0.389 e. The second-order valence-corrected chi connectivity index (χ2v) is 7.54. The van der Waals surface area contributed by atoms with Crippen molar-refractivity contribution in [1.29, 1.82) is 0 Å². The van der Waals surface area contributed by atoms with E-state index in [0.29, 0.717) is 45.6 Å². The Balaban J connectivity index is 1.89. The number of β-amino-alcohol motifs (C(OH)–C–C–N with tert-alkyl or cyclic N) is 1. The topological polar surface area (TPSA) is 125 Å². The number of primary amides is 1. The van der Waals surface area contributed by atoms with E-state index in [1.165, 1.54) is 0 Å². The first-order valence-corrected chi connectivity index (χ1v) is 9.69. The molecule has 0 aromatic carbocycles. The summed E-state index contributed by atoms with van der Waals surface area (Å²) in [5, 5.41) is 13.4. The highest BCUT2D eigenvalue weighted by atomic mass is 16.5. The van der Waals surface area contributed by atoms with Crippen molar-refractivity contribution in [3.63, 3.8) is 0 Å². The summed E-state index contributed by atoms with van der Waals surface area (Å²) in [6.45, 7) is 5.99. The Morgan fingerprint density at radius 2 is 1.93 bits per heavy atom. The van der Waals surface area contributed by atoms with E-state index in [9.17, 15) is 19.5 Å². The van der Waals surface area contributed by atoms with Crippen LogP contribution in [0.15, 0.2) is 0 Å². The summed E-state index contributed by atoms with van der Waals surface area (Å²) in [4.78, 5) is 39.5. The molecule has 9 heteroatoms. The summed E-state index contributed by atoms with van der Waals surface area (Å²) < 4.78 is 5.29. The van der Waals surface area contributed by atoms with Crippen LogP contribution in [0.5, 0.6) is 0 Å². The van der Waals surface area contributed by atoms with E-state index in [-0.39, 0.29) is 36.9 Å². The van der Waals surface area contributed by atoms with Gasteiger partial charge in [-0.2, -0.15) is 0 Å². The van der Waals surface area contributed by atoms with Gasteiger partial charge in [0.2, 0.25) is 11.8 Å². The Kier molecular flexibility index (Phi) is 7.85. The van der Waals surface area contributed by atoms with Crippen LogP contribution in [0, 0.1) is 5.92 Å². The van der Waals surface area contributed by atoms with Gasteiger partial charge in [0.15, 0.2) is 0 Å². The monoisotopic (exact) mass is 384 g/mol. The number of aliphatic hydroxyl groups is 1. The molecule has 27 heavy (non-hydrogen) atoms. The molecule has 0 saturated carbocycles. The number of ether oxygens (including phenoxy) is 1. The van der Waals surface area contributed by atoms with Gasteiger partial charge in [0.05, 0.1) is 31.9 Å². The second kappa shape index (κ2) is 9.89. The van der Waals surface area contributed by atoms with Crippen molar-refractivity contribution in [2.75, 3.05) is 32.8 Å². The summed E-state index contributed by atoms with van der Waals surface area (Å²) in [6.07, 6.45) is 1.00. The van der Waals surface area contributed by atoms with Crippen LogP contribution in [0.2, 0.25) is 0 Å². The van der Waals surface area contributed by atoms with E-state index in [4.69, 9.17) is 10.5 Å². The maximum atomic E-state index is 12.8. The number of hydrogen-bond acceptors (Lipinski definition) is 5. The van der Waals surface area contributed by atoms with Gasteiger partial charge < -0.3 is 30.7 Å². The predicted molar refractivity (Wildman–Crippen MR) is 98.7 cm³/mol. The summed E-state index contributed by atoms with van der Waals surface area (Å²) in [6, 6.07) is -0.523. The number of aliphatic hydroxyl groups excluding tert-OH is 1.